The number of carbonyl (C=O) groups excluding carboxylic acids is 1. The lowest BCUT2D eigenvalue weighted by molar-refractivity contribution is -0.117. The van der Waals surface area contributed by atoms with Gasteiger partial charge in [-0.3, -0.25) is 9.89 Å². The van der Waals surface area contributed by atoms with Crippen LogP contribution in [0.1, 0.15) is 6.42 Å². The number of hydrogen-bond acceptors (Lipinski definition) is 6. The zero-order valence-electron chi connectivity index (χ0n) is 18.2. The standard InChI is InChI=1S/C23H21ClF2N6OS/c1-32(9-10-6-27-7-10)21-19(26)18(24)17(13-8-28-31-20(13)21)11-2-3-15-16(4-11)34-23(29-15)30-22(33)12-5-14(12)25/h2-4,8,10,12,14,27H,5-7,9H2,1H3,(H,28,31)(H,29,30,33). The molecule has 1 aliphatic heterocycles. The van der Waals surface area contributed by atoms with Crippen LogP contribution in [0.4, 0.5) is 19.6 Å². The SMILES string of the molecule is CN(CC1CNC1)c1c(F)c(Cl)c(-c2ccc3nc(NC(=O)C4CC4F)sc3c2)c2cn[nH]c12. The van der Waals surface area contributed by atoms with Crippen molar-refractivity contribution in [2.45, 2.75) is 12.6 Å². The fourth-order valence-corrected chi connectivity index (χ4v) is 5.67. The molecular formula is C23H21ClF2N6OS. The Labute approximate surface area is 202 Å². The maximum Gasteiger partial charge on any atom is 0.232 e. The number of aromatic nitrogens is 3. The number of hydrogen-bond donors (Lipinski definition) is 3. The Hall–Kier alpha value is -2.82. The lowest BCUT2D eigenvalue weighted by atomic mass is 9.99. The number of amides is 1. The highest BCUT2D eigenvalue weighted by Crippen LogP contribution is 2.44. The molecular weight excluding hydrogens is 482 g/mol. The minimum atomic E-state index is -1.07. The van der Waals surface area contributed by atoms with Crippen LogP contribution >= 0.6 is 22.9 Å². The van der Waals surface area contributed by atoms with Crippen LogP contribution in [0.25, 0.3) is 32.2 Å². The van der Waals surface area contributed by atoms with Crippen molar-refractivity contribution in [3.05, 3.63) is 35.2 Å². The monoisotopic (exact) mass is 502 g/mol. The summed E-state index contributed by atoms with van der Waals surface area (Å²) >= 11 is 7.90. The zero-order valence-corrected chi connectivity index (χ0v) is 19.7. The molecule has 2 fully saturated rings. The Balaban J connectivity index is 1.38. The third kappa shape index (κ3) is 3.60. The molecule has 34 heavy (non-hydrogen) atoms. The number of carbonyl (C=O) groups is 1. The molecule has 2 unspecified atom stereocenters. The molecule has 4 aromatic rings. The topological polar surface area (TPSA) is 85.9 Å². The van der Waals surface area contributed by atoms with Crippen LogP contribution in [0.2, 0.25) is 5.02 Å². The van der Waals surface area contributed by atoms with Gasteiger partial charge in [0, 0.05) is 43.5 Å². The molecule has 1 saturated heterocycles. The maximum absolute atomic E-state index is 15.6. The summed E-state index contributed by atoms with van der Waals surface area (Å²) in [4.78, 5) is 18.4. The molecule has 3 N–H and O–H groups in total. The van der Waals surface area contributed by atoms with Crippen molar-refractivity contribution in [1.29, 1.82) is 0 Å². The second kappa shape index (κ2) is 8.14. The van der Waals surface area contributed by atoms with Crippen molar-refractivity contribution in [1.82, 2.24) is 20.5 Å². The first-order chi connectivity index (χ1) is 16.4. The molecule has 176 valence electrons. The number of fused-ring (bicyclic) bond motifs is 2. The lowest BCUT2D eigenvalue weighted by Gasteiger charge is -2.32. The van der Waals surface area contributed by atoms with E-state index in [1.54, 1.807) is 12.3 Å². The van der Waals surface area contributed by atoms with Gasteiger partial charge in [0.25, 0.3) is 0 Å². The number of aromatic amines is 1. The van der Waals surface area contributed by atoms with E-state index < -0.39 is 17.9 Å². The minimum absolute atomic E-state index is 0.0302. The van der Waals surface area contributed by atoms with Crippen LogP contribution in [0.3, 0.4) is 0 Å². The van der Waals surface area contributed by atoms with E-state index in [1.807, 2.05) is 24.1 Å². The first kappa shape index (κ1) is 21.7. The van der Waals surface area contributed by atoms with Gasteiger partial charge in [0.1, 0.15) is 11.9 Å². The molecule has 1 aliphatic carbocycles. The first-order valence-electron chi connectivity index (χ1n) is 11.0. The number of H-pyrrole nitrogens is 1. The zero-order chi connectivity index (χ0) is 23.6. The van der Waals surface area contributed by atoms with Gasteiger partial charge in [0.05, 0.1) is 32.9 Å². The van der Waals surface area contributed by atoms with E-state index in [0.717, 1.165) is 23.2 Å². The molecule has 11 heteroatoms. The minimum Gasteiger partial charge on any atom is -0.370 e. The molecule has 2 aromatic carbocycles. The molecule has 1 amide bonds. The number of nitrogens with one attached hydrogen (secondary N) is 3. The highest BCUT2D eigenvalue weighted by Gasteiger charge is 2.43. The van der Waals surface area contributed by atoms with E-state index >= 15 is 4.39 Å². The average molecular weight is 503 g/mol. The molecule has 2 aromatic heterocycles. The Kier molecular flexibility index (Phi) is 5.20. The summed E-state index contributed by atoms with van der Waals surface area (Å²) in [5, 5.41) is 14.2. The van der Waals surface area contributed by atoms with Gasteiger partial charge in [-0.05, 0) is 24.1 Å². The summed E-state index contributed by atoms with van der Waals surface area (Å²) in [5.41, 5.74) is 2.94. The van der Waals surface area contributed by atoms with Gasteiger partial charge in [-0.25, -0.2) is 13.8 Å². The fourth-order valence-electron chi connectivity index (χ4n) is 4.46. The van der Waals surface area contributed by atoms with Gasteiger partial charge in [-0.1, -0.05) is 29.0 Å². The van der Waals surface area contributed by atoms with Gasteiger partial charge >= 0.3 is 0 Å². The molecule has 0 spiro atoms. The summed E-state index contributed by atoms with van der Waals surface area (Å²) in [5.74, 6) is -0.976. The Morgan fingerprint density at radius 2 is 2.18 bits per heavy atom. The molecule has 6 rings (SSSR count). The van der Waals surface area contributed by atoms with E-state index in [2.05, 4.69) is 25.8 Å². The number of anilines is 2. The predicted molar refractivity (Wildman–Crippen MR) is 131 cm³/mol. The summed E-state index contributed by atoms with van der Waals surface area (Å²) < 4.78 is 29.6. The number of nitrogens with zero attached hydrogens (tertiary/aromatic N) is 3. The van der Waals surface area contributed by atoms with Crippen LogP contribution in [-0.4, -0.2) is 53.9 Å². The Morgan fingerprint density at radius 1 is 1.38 bits per heavy atom. The van der Waals surface area contributed by atoms with E-state index in [4.69, 9.17) is 11.6 Å². The van der Waals surface area contributed by atoms with Crippen molar-refractivity contribution in [3.63, 3.8) is 0 Å². The van der Waals surface area contributed by atoms with Crippen LogP contribution in [0, 0.1) is 17.7 Å². The van der Waals surface area contributed by atoms with Crippen LogP contribution in [0.5, 0.6) is 0 Å². The third-order valence-electron chi connectivity index (χ3n) is 6.50. The number of alkyl halides is 1. The summed E-state index contributed by atoms with van der Waals surface area (Å²) in [6.45, 7) is 2.53. The van der Waals surface area contributed by atoms with Gasteiger partial charge in [0.15, 0.2) is 10.9 Å². The van der Waals surface area contributed by atoms with Crippen molar-refractivity contribution in [2.24, 2.45) is 11.8 Å². The third-order valence-corrected chi connectivity index (χ3v) is 7.79. The quantitative estimate of drug-likeness (QED) is 0.359. The molecule has 3 heterocycles. The van der Waals surface area contributed by atoms with E-state index in [9.17, 15) is 9.18 Å². The molecule has 7 nitrogen and oxygen atoms in total. The van der Waals surface area contributed by atoms with Crippen LogP contribution < -0.4 is 15.5 Å². The lowest BCUT2D eigenvalue weighted by Crippen LogP contribution is -2.47. The summed E-state index contributed by atoms with van der Waals surface area (Å²) in [7, 11) is 1.86. The molecule has 0 bridgehead atoms. The van der Waals surface area contributed by atoms with Gasteiger partial charge < -0.3 is 15.5 Å². The van der Waals surface area contributed by atoms with Crippen LogP contribution in [0.15, 0.2) is 24.4 Å². The molecule has 2 aliphatic rings. The number of thiazole rings is 1. The normalized spacial score (nSPS) is 20.0. The number of benzene rings is 2. The molecule has 0 radical (unpaired) electrons. The van der Waals surface area contributed by atoms with Gasteiger partial charge in [-0.15, -0.1) is 0 Å². The van der Waals surface area contributed by atoms with Crippen molar-refractivity contribution >= 4 is 60.8 Å². The Bertz CT molecular complexity index is 1430. The molecule has 2 atom stereocenters. The van der Waals surface area contributed by atoms with E-state index in [-0.39, 0.29) is 17.4 Å². The smallest absolute Gasteiger partial charge is 0.232 e. The summed E-state index contributed by atoms with van der Waals surface area (Å²) in [6.07, 6.45) is 0.848. The average Bonchev–Trinajstić information content (AvgIpc) is 3.15. The van der Waals surface area contributed by atoms with Crippen molar-refractivity contribution in [2.75, 3.05) is 36.9 Å². The number of rotatable bonds is 6. The second-order valence-corrected chi connectivity index (χ2v) is 10.4. The van der Waals surface area contributed by atoms with Crippen molar-refractivity contribution in [3.8, 4) is 11.1 Å². The van der Waals surface area contributed by atoms with E-state index in [0.29, 0.717) is 45.4 Å². The largest absolute Gasteiger partial charge is 0.370 e. The predicted octanol–water partition coefficient (Wildman–Crippen LogP) is 4.58. The fraction of sp³-hybridized carbons (Fsp3) is 0.348. The number of halogens is 3. The van der Waals surface area contributed by atoms with E-state index in [1.165, 1.54) is 11.3 Å². The Morgan fingerprint density at radius 3 is 2.88 bits per heavy atom. The second-order valence-electron chi connectivity index (χ2n) is 8.96. The first-order valence-corrected chi connectivity index (χ1v) is 12.2. The summed E-state index contributed by atoms with van der Waals surface area (Å²) in [6, 6.07) is 5.49. The highest BCUT2D eigenvalue weighted by molar-refractivity contribution is 7.22. The molecule has 1 saturated carbocycles. The van der Waals surface area contributed by atoms with Gasteiger partial charge in [-0.2, -0.15) is 5.10 Å². The van der Waals surface area contributed by atoms with Gasteiger partial charge in [0.2, 0.25) is 5.91 Å². The van der Waals surface area contributed by atoms with Crippen molar-refractivity contribution < 1.29 is 13.6 Å². The highest BCUT2D eigenvalue weighted by atomic mass is 35.5. The van der Waals surface area contributed by atoms with Crippen LogP contribution in [-0.2, 0) is 4.79 Å². The maximum atomic E-state index is 15.6.